The van der Waals surface area contributed by atoms with E-state index >= 15 is 0 Å². The number of aryl methyl sites for hydroxylation is 1. The summed E-state index contributed by atoms with van der Waals surface area (Å²) in [6.45, 7) is 3.67. The Hall–Kier alpha value is -2.76. The van der Waals surface area contributed by atoms with Crippen molar-refractivity contribution in [2.45, 2.75) is 29.8 Å². The Balaban J connectivity index is 1.51. The zero-order valence-corrected chi connectivity index (χ0v) is 20.8. The van der Waals surface area contributed by atoms with Crippen LogP contribution >= 0.6 is 23.1 Å². The first-order valence-electron chi connectivity index (χ1n) is 10.8. The van der Waals surface area contributed by atoms with Crippen molar-refractivity contribution in [1.82, 2.24) is 24.8 Å². The van der Waals surface area contributed by atoms with Gasteiger partial charge in [0.15, 0.2) is 10.3 Å². The Bertz CT molecular complexity index is 1100. The molecule has 33 heavy (non-hydrogen) atoms. The molecular formula is C22H28N8OS2. The van der Waals surface area contributed by atoms with Crippen LogP contribution in [0.5, 0.6) is 0 Å². The van der Waals surface area contributed by atoms with Crippen molar-refractivity contribution in [1.29, 1.82) is 0 Å². The predicted octanol–water partition coefficient (Wildman–Crippen LogP) is 3.88. The van der Waals surface area contributed by atoms with Crippen LogP contribution in [-0.4, -0.2) is 65.0 Å². The fourth-order valence-corrected chi connectivity index (χ4v) is 4.28. The Morgan fingerprint density at radius 3 is 2.52 bits per heavy atom. The summed E-state index contributed by atoms with van der Waals surface area (Å²) in [5.74, 6) is 1.34. The summed E-state index contributed by atoms with van der Waals surface area (Å²) in [6.07, 6.45) is 3.79. The number of aromatic nitrogens is 4. The van der Waals surface area contributed by atoms with Crippen molar-refractivity contribution in [3.8, 4) is 0 Å². The molecule has 0 saturated heterocycles. The molecule has 0 bridgehead atoms. The summed E-state index contributed by atoms with van der Waals surface area (Å²) in [7, 11) is 6.05. The first kappa shape index (κ1) is 23.4. The minimum absolute atomic E-state index is 0.103. The molecule has 2 N–H and O–H groups in total. The average molecular weight is 485 g/mol. The summed E-state index contributed by atoms with van der Waals surface area (Å²) in [6, 6.07) is 7.74. The molecule has 0 spiro atoms. The van der Waals surface area contributed by atoms with Crippen LogP contribution < -0.4 is 15.5 Å². The van der Waals surface area contributed by atoms with E-state index in [-0.39, 0.29) is 11.8 Å². The lowest BCUT2D eigenvalue weighted by Gasteiger charge is -2.20. The molecule has 1 aliphatic carbocycles. The highest BCUT2D eigenvalue weighted by Gasteiger charge is 2.29. The molecule has 2 heterocycles. The molecular weight excluding hydrogens is 456 g/mol. The lowest BCUT2D eigenvalue weighted by molar-refractivity contribution is -0.117. The fraction of sp³-hybridized carbons (Fsp3) is 0.409. The van der Waals surface area contributed by atoms with Crippen LogP contribution in [0, 0.1) is 12.8 Å². The lowest BCUT2D eigenvalue weighted by atomic mass is 10.3. The van der Waals surface area contributed by atoms with Gasteiger partial charge in [-0.1, -0.05) is 0 Å². The van der Waals surface area contributed by atoms with E-state index in [9.17, 15) is 4.79 Å². The third kappa shape index (κ3) is 6.86. The van der Waals surface area contributed by atoms with E-state index in [0.717, 1.165) is 46.5 Å². The summed E-state index contributed by atoms with van der Waals surface area (Å²) < 4.78 is 0. The van der Waals surface area contributed by atoms with E-state index in [2.05, 4.69) is 35.5 Å². The molecule has 3 aromatic rings. The highest BCUT2D eigenvalue weighted by atomic mass is 32.2. The van der Waals surface area contributed by atoms with Crippen molar-refractivity contribution < 1.29 is 4.79 Å². The van der Waals surface area contributed by atoms with Gasteiger partial charge in [-0.15, -0.1) is 11.3 Å². The number of hydrogen-bond donors (Lipinski definition) is 2. The molecule has 1 amide bonds. The predicted molar refractivity (Wildman–Crippen MR) is 134 cm³/mol. The number of carbonyl (C=O) groups excluding carboxylic acids is 1. The summed E-state index contributed by atoms with van der Waals surface area (Å²) in [5.41, 5.74) is 0.803. The smallest absolute Gasteiger partial charge is 0.234 e. The second-order valence-corrected chi connectivity index (χ2v) is 10.5. The van der Waals surface area contributed by atoms with Crippen molar-refractivity contribution in [3.05, 3.63) is 35.3 Å². The largest absolute Gasteiger partial charge is 0.342 e. The molecule has 9 nitrogen and oxygen atoms in total. The molecule has 1 aliphatic rings. The SMILES string of the molecule is Cc1cnc(Nc2nc(Sc3ccc(NC(=O)C4CC4)cc3)nc(N(C)CCN(C)C)n2)s1. The molecule has 0 atom stereocenters. The van der Waals surface area contributed by atoms with Crippen molar-refractivity contribution >= 4 is 51.7 Å². The number of likely N-dealkylation sites (N-methyl/N-ethyl adjacent to an activating group) is 2. The number of rotatable bonds is 10. The number of anilines is 4. The van der Waals surface area contributed by atoms with E-state index in [4.69, 9.17) is 0 Å². The van der Waals surface area contributed by atoms with Gasteiger partial charge in [-0.05, 0) is 69.9 Å². The third-order valence-corrected chi connectivity index (χ3v) is 6.65. The Morgan fingerprint density at radius 1 is 1.12 bits per heavy atom. The Labute approximate surface area is 202 Å². The molecule has 0 aliphatic heterocycles. The number of benzene rings is 1. The standard InChI is InChI=1S/C22H28N8OS2/c1-14-13-23-21(32-14)26-19-25-20(30(4)12-11-29(2)3)28-22(27-19)33-17-9-7-16(8-10-17)24-18(31)15-5-6-15/h7-10,13,15H,5-6,11-12H2,1-4H3,(H,24,31)(H,23,25,26,27,28). The second-order valence-electron chi connectivity index (χ2n) is 8.26. The van der Waals surface area contributed by atoms with Gasteiger partial charge in [0.2, 0.25) is 17.8 Å². The van der Waals surface area contributed by atoms with Crippen molar-refractivity contribution in [3.63, 3.8) is 0 Å². The zero-order chi connectivity index (χ0) is 23.4. The normalized spacial score (nSPS) is 13.2. The van der Waals surface area contributed by atoms with Gasteiger partial charge in [-0.3, -0.25) is 10.1 Å². The zero-order valence-electron chi connectivity index (χ0n) is 19.2. The maximum absolute atomic E-state index is 12.0. The lowest BCUT2D eigenvalue weighted by Crippen LogP contribution is -2.30. The molecule has 1 fully saturated rings. The van der Waals surface area contributed by atoms with E-state index < -0.39 is 0 Å². The highest BCUT2D eigenvalue weighted by Crippen LogP contribution is 2.31. The van der Waals surface area contributed by atoms with Crippen LogP contribution in [0.3, 0.4) is 0 Å². The van der Waals surface area contributed by atoms with Gasteiger partial charge in [-0.2, -0.15) is 15.0 Å². The first-order valence-corrected chi connectivity index (χ1v) is 12.4. The Morgan fingerprint density at radius 2 is 1.88 bits per heavy atom. The van der Waals surface area contributed by atoms with Crippen LogP contribution in [0.2, 0.25) is 0 Å². The van der Waals surface area contributed by atoms with Crippen LogP contribution in [0.25, 0.3) is 0 Å². The minimum Gasteiger partial charge on any atom is -0.342 e. The van der Waals surface area contributed by atoms with Gasteiger partial charge in [0.1, 0.15) is 0 Å². The van der Waals surface area contributed by atoms with E-state index in [0.29, 0.717) is 17.1 Å². The van der Waals surface area contributed by atoms with Crippen LogP contribution in [0.1, 0.15) is 17.7 Å². The molecule has 0 unspecified atom stereocenters. The van der Waals surface area contributed by atoms with Gasteiger partial charge in [-0.25, -0.2) is 4.98 Å². The molecule has 4 rings (SSSR count). The summed E-state index contributed by atoms with van der Waals surface area (Å²) in [4.78, 5) is 36.4. The third-order valence-electron chi connectivity index (χ3n) is 4.95. The number of carbonyl (C=O) groups is 1. The van der Waals surface area contributed by atoms with Crippen molar-refractivity contribution in [2.24, 2.45) is 5.92 Å². The van der Waals surface area contributed by atoms with Gasteiger partial charge < -0.3 is 15.1 Å². The highest BCUT2D eigenvalue weighted by molar-refractivity contribution is 7.99. The Kier molecular flexibility index (Phi) is 7.41. The first-order chi connectivity index (χ1) is 15.9. The van der Waals surface area contributed by atoms with Gasteiger partial charge in [0.05, 0.1) is 0 Å². The average Bonchev–Trinajstić information content (AvgIpc) is 3.56. The van der Waals surface area contributed by atoms with E-state index in [1.165, 1.54) is 11.8 Å². The van der Waals surface area contributed by atoms with E-state index in [1.807, 2.05) is 63.4 Å². The number of nitrogens with zero attached hydrogens (tertiary/aromatic N) is 6. The molecule has 1 aromatic carbocycles. The molecule has 2 aromatic heterocycles. The molecule has 174 valence electrons. The maximum Gasteiger partial charge on any atom is 0.234 e. The number of hydrogen-bond acceptors (Lipinski definition) is 10. The number of nitrogens with one attached hydrogen (secondary N) is 2. The van der Waals surface area contributed by atoms with Gasteiger partial charge >= 0.3 is 0 Å². The van der Waals surface area contributed by atoms with Crippen molar-refractivity contribution in [2.75, 3.05) is 49.8 Å². The van der Waals surface area contributed by atoms with E-state index in [1.54, 1.807) is 11.3 Å². The van der Waals surface area contributed by atoms with Gasteiger partial charge in [0.25, 0.3) is 0 Å². The quantitative estimate of drug-likeness (QED) is 0.444. The van der Waals surface area contributed by atoms with Crippen LogP contribution in [0.4, 0.5) is 22.7 Å². The van der Waals surface area contributed by atoms with Gasteiger partial charge in [0, 0.05) is 47.7 Å². The maximum atomic E-state index is 12.0. The fourth-order valence-electron chi connectivity index (χ4n) is 2.88. The number of thiazole rings is 1. The monoisotopic (exact) mass is 484 g/mol. The minimum atomic E-state index is 0.103. The second kappa shape index (κ2) is 10.4. The summed E-state index contributed by atoms with van der Waals surface area (Å²) >= 11 is 3.00. The molecule has 11 heteroatoms. The van der Waals surface area contributed by atoms with Crippen LogP contribution in [0.15, 0.2) is 40.5 Å². The molecule has 1 saturated carbocycles. The topological polar surface area (TPSA) is 99.2 Å². The number of amides is 1. The molecule has 0 radical (unpaired) electrons. The van der Waals surface area contributed by atoms with Crippen LogP contribution in [-0.2, 0) is 4.79 Å². The summed E-state index contributed by atoms with van der Waals surface area (Å²) in [5, 5.41) is 7.50.